The zero-order valence-electron chi connectivity index (χ0n) is 17.1. The van der Waals surface area contributed by atoms with Crippen LogP contribution in [0.25, 0.3) is 11.0 Å². The van der Waals surface area contributed by atoms with Crippen LogP contribution in [-0.4, -0.2) is 18.0 Å². The summed E-state index contributed by atoms with van der Waals surface area (Å²) in [4.78, 5) is 5.01. The molecule has 31 heavy (non-hydrogen) atoms. The summed E-state index contributed by atoms with van der Waals surface area (Å²) >= 11 is 0. The van der Waals surface area contributed by atoms with E-state index >= 15 is 0 Å². The Balaban J connectivity index is 1.68. The predicted molar refractivity (Wildman–Crippen MR) is 121 cm³/mol. The van der Waals surface area contributed by atoms with Gasteiger partial charge in [0.25, 0.3) is 10.0 Å². The van der Waals surface area contributed by atoms with Gasteiger partial charge in [0.1, 0.15) is 5.82 Å². The Morgan fingerprint density at radius 1 is 1.03 bits per heavy atom. The standard InChI is InChI=1S/C24H22N4O2S/c1-2-14-28-23-16-20(27-31(29,30)21-6-4-3-5-7-21)12-13-22(23)26-24(28)15-18-8-10-19(17-25)11-9-18/h3-13,16,27H,2,14-15H2,1H3. The van der Waals surface area contributed by atoms with Gasteiger partial charge in [-0.05, 0) is 54.4 Å². The molecule has 0 aliphatic heterocycles. The maximum Gasteiger partial charge on any atom is 0.261 e. The number of hydrogen-bond donors (Lipinski definition) is 1. The number of anilines is 1. The second-order valence-corrected chi connectivity index (χ2v) is 8.97. The molecule has 6 nitrogen and oxygen atoms in total. The van der Waals surface area contributed by atoms with E-state index in [2.05, 4.69) is 22.3 Å². The molecule has 4 aromatic rings. The number of aryl methyl sites for hydroxylation is 1. The van der Waals surface area contributed by atoms with Crippen molar-refractivity contribution in [3.63, 3.8) is 0 Å². The second-order valence-electron chi connectivity index (χ2n) is 7.29. The molecule has 0 saturated carbocycles. The number of nitrogens with zero attached hydrogens (tertiary/aromatic N) is 3. The van der Waals surface area contributed by atoms with Crippen LogP contribution in [0.5, 0.6) is 0 Å². The molecule has 0 unspecified atom stereocenters. The summed E-state index contributed by atoms with van der Waals surface area (Å²) in [5, 5.41) is 8.99. The lowest BCUT2D eigenvalue weighted by atomic mass is 10.1. The Bertz CT molecular complexity index is 1350. The maximum atomic E-state index is 12.7. The van der Waals surface area contributed by atoms with Gasteiger partial charge in [0.2, 0.25) is 0 Å². The summed E-state index contributed by atoms with van der Waals surface area (Å²) in [6, 6.07) is 23.3. The number of aromatic nitrogens is 2. The molecular formula is C24H22N4O2S. The van der Waals surface area contributed by atoms with Gasteiger partial charge in [-0.15, -0.1) is 0 Å². The van der Waals surface area contributed by atoms with Crippen molar-refractivity contribution < 1.29 is 8.42 Å². The summed E-state index contributed by atoms with van der Waals surface area (Å²) in [5.74, 6) is 0.907. The molecule has 3 aromatic carbocycles. The number of rotatable bonds is 7. The van der Waals surface area contributed by atoms with Crippen LogP contribution in [0.1, 0.15) is 30.3 Å². The van der Waals surface area contributed by atoms with Crippen molar-refractivity contribution in [2.24, 2.45) is 0 Å². The number of fused-ring (bicyclic) bond motifs is 1. The van der Waals surface area contributed by atoms with Gasteiger partial charge in [0.05, 0.1) is 33.2 Å². The highest BCUT2D eigenvalue weighted by molar-refractivity contribution is 7.92. The van der Waals surface area contributed by atoms with Crippen LogP contribution in [-0.2, 0) is 23.0 Å². The lowest BCUT2D eigenvalue weighted by Gasteiger charge is -2.10. The van der Waals surface area contributed by atoms with Gasteiger partial charge in [-0.2, -0.15) is 5.26 Å². The molecule has 0 saturated heterocycles. The molecule has 0 atom stereocenters. The molecule has 1 aromatic heterocycles. The SMILES string of the molecule is CCCn1c(Cc2ccc(C#N)cc2)nc2ccc(NS(=O)(=O)c3ccccc3)cc21. The van der Waals surface area contributed by atoms with E-state index in [1.807, 2.05) is 24.3 Å². The van der Waals surface area contributed by atoms with E-state index in [1.165, 1.54) is 0 Å². The average Bonchev–Trinajstić information content (AvgIpc) is 3.11. The Morgan fingerprint density at radius 3 is 2.45 bits per heavy atom. The van der Waals surface area contributed by atoms with Gasteiger partial charge in [0.15, 0.2) is 0 Å². The molecule has 0 aliphatic carbocycles. The molecule has 0 bridgehead atoms. The van der Waals surface area contributed by atoms with Gasteiger partial charge in [-0.3, -0.25) is 4.72 Å². The summed E-state index contributed by atoms with van der Waals surface area (Å²) in [5.41, 5.74) is 3.90. The lowest BCUT2D eigenvalue weighted by molar-refractivity contribution is 0.601. The topological polar surface area (TPSA) is 87.8 Å². The Kier molecular flexibility index (Phi) is 5.74. The van der Waals surface area contributed by atoms with Gasteiger partial charge in [-0.25, -0.2) is 13.4 Å². The van der Waals surface area contributed by atoms with Crippen LogP contribution < -0.4 is 4.72 Å². The fourth-order valence-corrected chi connectivity index (χ4v) is 4.61. The van der Waals surface area contributed by atoms with Gasteiger partial charge in [0, 0.05) is 13.0 Å². The Labute approximate surface area is 181 Å². The van der Waals surface area contributed by atoms with Crippen molar-refractivity contribution >= 4 is 26.7 Å². The van der Waals surface area contributed by atoms with Crippen molar-refractivity contribution in [2.75, 3.05) is 4.72 Å². The fourth-order valence-electron chi connectivity index (χ4n) is 3.54. The van der Waals surface area contributed by atoms with Crippen LogP contribution in [0, 0.1) is 11.3 Å². The first-order valence-corrected chi connectivity index (χ1v) is 11.5. The van der Waals surface area contributed by atoms with E-state index in [1.54, 1.807) is 48.5 Å². The van der Waals surface area contributed by atoms with E-state index < -0.39 is 10.0 Å². The third-order valence-electron chi connectivity index (χ3n) is 5.03. The lowest BCUT2D eigenvalue weighted by Crippen LogP contribution is -2.12. The van der Waals surface area contributed by atoms with Gasteiger partial charge >= 0.3 is 0 Å². The minimum atomic E-state index is -3.66. The molecule has 0 aliphatic rings. The van der Waals surface area contributed by atoms with E-state index in [4.69, 9.17) is 10.2 Å². The first-order chi connectivity index (χ1) is 15.0. The van der Waals surface area contributed by atoms with Crippen LogP contribution in [0.2, 0.25) is 0 Å². The highest BCUT2D eigenvalue weighted by Crippen LogP contribution is 2.24. The molecule has 4 rings (SSSR count). The Hall–Kier alpha value is -3.63. The van der Waals surface area contributed by atoms with Gasteiger partial charge in [-0.1, -0.05) is 37.3 Å². The summed E-state index contributed by atoms with van der Waals surface area (Å²) in [6.07, 6.45) is 1.55. The molecular weight excluding hydrogens is 408 g/mol. The molecule has 1 N–H and O–H groups in total. The fraction of sp³-hybridized carbons (Fsp3) is 0.167. The minimum Gasteiger partial charge on any atom is -0.328 e. The van der Waals surface area contributed by atoms with Crippen molar-refractivity contribution in [1.29, 1.82) is 5.26 Å². The van der Waals surface area contributed by atoms with Crippen LogP contribution in [0.3, 0.4) is 0 Å². The average molecular weight is 431 g/mol. The number of sulfonamides is 1. The molecule has 0 radical (unpaired) electrons. The molecule has 7 heteroatoms. The monoisotopic (exact) mass is 430 g/mol. The summed E-state index contributed by atoms with van der Waals surface area (Å²) in [6.45, 7) is 2.87. The molecule has 0 spiro atoms. The second kappa shape index (κ2) is 8.62. The third-order valence-corrected chi connectivity index (χ3v) is 6.42. The first-order valence-electron chi connectivity index (χ1n) is 10.1. The normalized spacial score (nSPS) is 11.4. The number of benzene rings is 3. The number of nitrogens with one attached hydrogen (secondary N) is 1. The van der Waals surface area contributed by atoms with E-state index in [-0.39, 0.29) is 4.90 Å². The summed E-state index contributed by atoms with van der Waals surface area (Å²) < 4.78 is 30.2. The smallest absolute Gasteiger partial charge is 0.261 e. The highest BCUT2D eigenvalue weighted by atomic mass is 32.2. The Morgan fingerprint density at radius 2 is 1.77 bits per heavy atom. The van der Waals surface area contributed by atoms with Crippen molar-refractivity contribution in [3.05, 3.63) is 89.7 Å². The van der Waals surface area contributed by atoms with Crippen LogP contribution in [0.4, 0.5) is 5.69 Å². The van der Waals surface area contributed by atoms with E-state index in [0.717, 1.165) is 35.4 Å². The number of imidazole rings is 1. The largest absolute Gasteiger partial charge is 0.328 e. The van der Waals surface area contributed by atoms with Crippen LogP contribution >= 0.6 is 0 Å². The van der Waals surface area contributed by atoms with Crippen molar-refractivity contribution in [1.82, 2.24) is 9.55 Å². The quantitative estimate of drug-likeness (QED) is 0.460. The molecule has 1 heterocycles. The third kappa shape index (κ3) is 4.44. The van der Waals surface area contributed by atoms with E-state index in [0.29, 0.717) is 17.7 Å². The van der Waals surface area contributed by atoms with Crippen LogP contribution in [0.15, 0.2) is 77.7 Å². The first kappa shape index (κ1) is 20.6. The van der Waals surface area contributed by atoms with Crippen molar-refractivity contribution in [3.8, 4) is 6.07 Å². The predicted octanol–water partition coefficient (Wildman–Crippen LogP) is 4.71. The molecule has 156 valence electrons. The maximum absolute atomic E-state index is 12.7. The number of hydrogen-bond acceptors (Lipinski definition) is 4. The van der Waals surface area contributed by atoms with Crippen molar-refractivity contribution in [2.45, 2.75) is 31.2 Å². The van der Waals surface area contributed by atoms with E-state index in [9.17, 15) is 8.42 Å². The zero-order chi connectivity index (χ0) is 21.8. The summed E-state index contributed by atoms with van der Waals surface area (Å²) in [7, 11) is -3.66. The minimum absolute atomic E-state index is 0.221. The molecule has 0 amide bonds. The highest BCUT2D eigenvalue weighted by Gasteiger charge is 2.16. The van der Waals surface area contributed by atoms with Gasteiger partial charge < -0.3 is 4.57 Å². The zero-order valence-corrected chi connectivity index (χ0v) is 17.9. The molecule has 0 fully saturated rings. The number of nitriles is 1.